The molecule has 1 atom stereocenters. The summed E-state index contributed by atoms with van der Waals surface area (Å²) in [5.41, 5.74) is 3.38. The molecule has 1 aromatic heterocycles. The highest BCUT2D eigenvalue weighted by atomic mass is 32.2. The lowest BCUT2D eigenvalue weighted by atomic mass is 9.85. The Hall–Kier alpha value is -2.94. The number of ether oxygens (including phenoxy) is 1. The number of sulfonamides is 1. The van der Waals surface area contributed by atoms with Crippen LogP contribution in [-0.2, 0) is 26.7 Å². The molecule has 1 aliphatic heterocycles. The van der Waals surface area contributed by atoms with Crippen LogP contribution in [0.3, 0.4) is 0 Å². The molecule has 2 aromatic carbocycles. The highest BCUT2D eigenvalue weighted by Crippen LogP contribution is 2.38. The summed E-state index contributed by atoms with van der Waals surface area (Å²) in [7, 11) is -2.39. The zero-order valence-corrected chi connectivity index (χ0v) is 23.4. The van der Waals surface area contributed by atoms with Gasteiger partial charge in [0.2, 0.25) is 15.9 Å². The molecule has 3 aromatic rings. The molecule has 37 heavy (non-hydrogen) atoms. The average molecular weight is 539 g/mol. The van der Waals surface area contributed by atoms with E-state index in [0.29, 0.717) is 12.3 Å². The fourth-order valence-corrected chi connectivity index (χ4v) is 6.90. The summed E-state index contributed by atoms with van der Waals surface area (Å²) < 4.78 is 33.2. The molecule has 0 radical (unpaired) electrons. The number of amides is 1. The first-order valence-corrected chi connectivity index (χ1v) is 14.6. The Bertz CT molecular complexity index is 1350. The summed E-state index contributed by atoms with van der Waals surface area (Å²) in [6, 6.07) is 16.4. The van der Waals surface area contributed by atoms with Crippen molar-refractivity contribution in [1.29, 1.82) is 0 Å². The molecule has 0 spiro atoms. The van der Waals surface area contributed by atoms with Crippen molar-refractivity contribution in [2.24, 2.45) is 0 Å². The van der Waals surface area contributed by atoms with Crippen molar-refractivity contribution in [2.75, 3.05) is 26.7 Å². The van der Waals surface area contributed by atoms with Crippen LogP contribution in [0.1, 0.15) is 48.4 Å². The molecule has 0 saturated carbocycles. The van der Waals surface area contributed by atoms with Crippen LogP contribution in [0.2, 0.25) is 0 Å². The normalized spacial score (nSPS) is 15.9. The fraction of sp³-hybridized carbons (Fsp3) is 0.345. The molecule has 196 valence electrons. The van der Waals surface area contributed by atoms with Gasteiger partial charge >= 0.3 is 0 Å². The van der Waals surface area contributed by atoms with Gasteiger partial charge in [0.25, 0.3) is 0 Å². The standard InChI is InChI=1S/C29H34N2O4S2/c1-6-17-30(37(33,34)24-13-11-23(35-5)12-14-24)20-27(32)31-18-15-26-25(16-19-36-26)28(31)21-7-9-22(10-8-21)29(2,3)4/h6-14,16,19,28H,1,15,17-18,20H2,2-5H3. The molecule has 8 heteroatoms. The maximum Gasteiger partial charge on any atom is 0.243 e. The fourth-order valence-electron chi connectivity index (χ4n) is 4.64. The van der Waals surface area contributed by atoms with Crippen molar-refractivity contribution in [3.63, 3.8) is 0 Å². The van der Waals surface area contributed by atoms with E-state index >= 15 is 0 Å². The second-order valence-corrected chi connectivity index (χ2v) is 13.1. The summed E-state index contributed by atoms with van der Waals surface area (Å²) in [6.45, 7) is 10.5. The van der Waals surface area contributed by atoms with E-state index in [2.05, 4.69) is 63.1 Å². The Morgan fingerprint density at radius 1 is 1.14 bits per heavy atom. The van der Waals surface area contributed by atoms with Gasteiger partial charge in [0.1, 0.15) is 5.75 Å². The molecule has 4 rings (SSSR count). The number of methoxy groups -OCH3 is 1. The Labute approximate surface area is 224 Å². The van der Waals surface area contributed by atoms with Crippen LogP contribution in [0.4, 0.5) is 0 Å². The molecule has 1 aliphatic rings. The molecule has 1 amide bonds. The van der Waals surface area contributed by atoms with E-state index in [-0.39, 0.29) is 35.3 Å². The van der Waals surface area contributed by atoms with Crippen molar-refractivity contribution in [2.45, 2.75) is 43.5 Å². The van der Waals surface area contributed by atoms with E-state index in [0.717, 1.165) is 17.5 Å². The van der Waals surface area contributed by atoms with Gasteiger partial charge in [-0.1, -0.05) is 51.1 Å². The van der Waals surface area contributed by atoms with Crippen LogP contribution < -0.4 is 4.74 Å². The van der Waals surface area contributed by atoms with E-state index in [1.54, 1.807) is 23.5 Å². The molecule has 0 aliphatic carbocycles. The molecule has 0 saturated heterocycles. The maximum absolute atomic E-state index is 13.8. The lowest BCUT2D eigenvalue weighted by molar-refractivity contribution is -0.133. The quantitative estimate of drug-likeness (QED) is 0.360. The first-order chi connectivity index (χ1) is 17.6. The van der Waals surface area contributed by atoms with Crippen LogP contribution in [0.25, 0.3) is 0 Å². The molecular formula is C29H34N2O4S2. The van der Waals surface area contributed by atoms with Gasteiger partial charge in [-0.3, -0.25) is 4.79 Å². The van der Waals surface area contributed by atoms with E-state index in [9.17, 15) is 13.2 Å². The third-order valence-corrected chi connectivity index (χ3v) is 9.54. The van der Waals surface area contributed by atoms with Gasteiger partial charge in [0, 0.05) is 18.0 Å². The van der Waals surface area contributed by atoms with Gasteiger partial charge in [-0.15, -0.1) is 17.9 Å². The van der Waals surface area contributed by atoms with Crippen molar-refractivity contribution in [3.8, 4) is 5.75 Å². The van der Waals surface area contributed by atoms with Crippen molar-refractivity contribution in [1.82, 2.24) is 9.21 Å². The Balaban J connectivity index is 1.65. The van der Waals surface area contributed by atoms with Crippen LogP contribution >= 0.6 is 11.3 Å². The van der Waals surface area contributed by atoms with E-state index in [1.807, 2.05) is 4.90 Å². The third-order valence-electron chi connectivity index (χ3n) is 6.72. The van der Waals surface area contributed by atoms with Gasteiger partial charge in [-0.05, 0) is 64.2 Å². The summed E-state index contributed by atoms with van der Waals surface area (Å²) in [6.07, 6.45) is 2.26. The summed E-state index contributed by atoms with van der Waals surface area (Å²) in [5, 5.41) is 2.06. The Morgan fingerprint density at radius 2 is 1.81 bits per heavy atom. The number of hydrogen-bond acceptors (Lipinski definition) is 5. The van der Waals surface area contributed by atoms with Crippen LogP contribution in [0, 0.1) is 0 Å². The zero-order chi connectivity index (χ0) is 26.8. The smallest absolute Gasteiger partial charge is 0.243 e. The Kier molecular flexibility index (Phi) is 7.92. The molecule has 1 unspecified atom stereocenters. The molecule has 6 nitrogen and oxygen atoms in total. The Morgan fingerprint density at radius 3 is 2.41 bits per heavy atom. The first kappa shape index (κ1) is 27.1. The minimum absolute atomic E-state index is 0.0230. The van der Waals surface area contributed by atoms with Crippen LogP contribution in [0.15, 0.2) is 77.5 Å². The predicted molar refractivity (Wildman–Crippen MR) is 149 cm³/mol. The molecule has 0 N–H and O–H groups in total. The SMILES string of the molecule is C=CCN(CC(=O)N1CCc2sccc2C1c1ccc(C(C)(C)C)cc1)S(=O)(=O)c1ccc(OC)cc1. The van der Waals surface area contributed by atoms with Crippen LogP contribution in [-0.4, -0.2) is 50.3 Å². The highest BCUT2D eigenvalue weighted by Gasteiger charge is 2.35. The lowest BCUT2D eigenvalue weighted by Crippen LogP contribution is -2.46. The second kappa shape index (κ2) is 10.8. The number of carbonyl (C=O) groups is 1. The second-order valence-electron chi connectivity index (χ2n) is 10.2. The van der Waals surface area contributed by atoms with E-state index in [4.69, 9.17) is 4.74 Å². The summed E-state index contributed by atoms with van der Waals surface area (Å²) >= 11 is 1.70. The number of benzene rings is 2. The third kappa shape index (κ3) is 5.66. The number of hydrogen-bond donors (Lipinski definition) is 0. The van der Waals surface area contributed by atoms with Crippen molar-refractivity contribution < 1.29 is 17.9 Å². The zero-order valence-electron chi connectivity index (χ0n) is 21.8. The lowest BCUT2D eigenvalue weighted by Gasteiger charge is -2.37. The minimum Gasteiger partial charge on any atom is -0.497 e. The average Bonchev–Trinajstić information content (AvgIpc) is 3.36. The minimum atomic E-state index is -3.91. The molecular weight excluding hydrogens is 504 g/mol. The maximum atomic E-state index is 13.8. The number of rotatable bonds is 8. The van der Waals surface area contributed by atoms with Gasteiger partial charge < -0.3 is 9.64 Å². The van der Waals surface area contributed by atoms with Crippen molar-refractivity contribution >= 4 is 27.3 Å². The first-order valence-electron chi connectivity index (χ1n) is 12.3. The number of nitrogens with zero attached hydrogens (tertiary/aromatic N) is 2. The van der Waals surface area contributed by atoms with Gasteiger partial charge in [-0.2, -0.15) is 4.31 Å². The molecule has 2 heterocycles. The van der Waals surface area contributed by atoms with E-state index < -0.39 is 10.0 Å². The molecule has 0 bridgehead atoms. The van der Waals surface area contributed by atoms with Gasteiger partial charge in [0.15, 0.2) is 0 Å². The number of carbonyl (C=O) groups excluding carboxylic acids is 1. The summed E-state index contributed by atoms with van der Waals surface area (Å²) in [4.78, 5) is 17.0. The van der Waals surface area contributed by atoms with E-state index in [1.165, 1.54) is 40.1 Å². The molecule has 0 fully saturated rings. The van der Waals surface area contributed by atoms with Crippen molar-refractivity contribution in [3.05, 3.63) is 94.2 Å². The predicted octanol–water partition coefficient (Wildman–Crippen LogP) is 5.41. The highest BCUT2D eigenvalue weighted by molar-refractivity contribution is 7.89. The largest absolute Gasteiger partial charge is 0.497 e. The number of fused-ring (bicyclic) bond motifs is 1. The number of thiophene rings is 1. The summed E-state index contributed by atoms with van der Waals surface area (Å²) in [5.74, 6) is 0.325. The van der Waals surface area contributed by atoms with Gasteiger partial charge in [0.05, 0.1) is 24.6 Å². The van der Waals surface area contributed by atoms with Crippen LogP contribution in [0.5, 0.6) is 5.75 Å². The monoisotopic (exact) mass is 538 g/mol. The topological polar surface area (TPSA) is 66.9 Å². The van der Waals surface area contributed by atoms with Gasteiger partial charge in [-0.25, -0.2) is 8.42 Å².